The zero-order chi connectivity index (χ0) is 20.4. The number of benzene rings is 2. The van der Waals surface area contributed by atoms with Crippen LogP contribution in [0.15, 0.2) is 60.8 Å². The fraction of sp³-hybridized carbons (Fsp3) is 0.238. The van der Waals surface area contributed by atoms with Gasteiger partial charge in [-0.2, -0.15) is 13.2 Å². The van der Waals surface area contributed by atoms with E-state index >= 15 is 0 Å². The molecule has 1 unspecified atom stereocenters. The van der Waals surface area contributed by atoms with Crippen LogP contribution < -0.4 is 5.32 Å². The molecule has 3 rings (SSSR count). The summed E-state index contributed by atoms with van der Waals surface area (Å²) in [5, 5.41) is 2.61. The van der Waals surface area contributed by atoms with Gasteiger partial charge in [-0.3, -0.25) is 9.78 Å². The molecule has 1 heterocycles. The van der Waals surface area contributed by atoms with Crippen molar-refractivity contribution in [2.45, 2.75) is 31.5 Å². The maximum absolute atomic E-state index is 14.0. The van der Waals surface area contributed by atoms with Crippen LogP contribution in [0.1, 0.15) is 29.3 Å². The number of carbonyl (C=O) groups is 1. The number of rotatable bonds is 5. The summed E-state index contributed by atoms with van der Waals surface area (Å²) in [6.45, 7) is 1.35. The van der Waals surface area contributed by atoms with Crippen LogP contribution in [-0.4, -0.2) is 22.6 Å². The number of hydrogen-bond acceptors (Lipinski definition) is 2. The summed E-state index contributed by atoms with van der Waals surface area (Å²) < 4.78 is 53.4. The number of aromatic nitrogens is 1. The van der Waals surface area contributed by atoms with E-state index < -0.39 is 29.9 Å². The Morgan fingerprint density at radius 1 is 1.07 bits per heavy atom. The van der Waals surface area contributed by atoms with Crippen LogP contribution in [0, 0.1) is 5.82 Å². The van der Waals surface area contributed by atoms with Gasteiger partial charge in [0.15, 0.2) is 0 Å². The van der Waals surface area contributed by atoms with Crippen LogP contribution in [0.25, 0.3) is 10.9 Å². The summed E-state index contributed by atoms with van der Waals surface area (Å²) in [6, 6.07) is 14.2. The van der Waals surface area contributed by atoms with E-state index in [-0.39, 0.29) is 17.4 Å². The Kier molecular flexibility index (Phi) is 5.36. The van der Waals surface area contributed by atoms with Crippen LogP contribution in [0.4, 0.5) is 17.6 Å². The third-order valence-electron chi connectivity index (χ3n) is 4.38. The van der Waals surface area contributed by atoms with Gasteiger partial charge in [-0.25, -0.2) is 4.39 Å². The summed E-state index contributed by atoms with van der Waals surface area (Å²) >= 11 is 0. The molecule has 1 aromatic heterocycles. The molecule has 0 aliphatic heterocycles. The highest BCUT2D eigenvalue weighted by Crippen LogP contribution is 2.30. The molecule has 2 aromatic carbocycles. The molecule has 0 spiro atoms. The first-order valence-electron chi connectivity index (χ1n) is 8.63. The van der Waals surface area contributed by atoms with Gasteiger partial charge in [0, 0.05) is 11.6 Å². The molecule has 0 radical (unpaired) electrons. The number of halogens is 4. The predicted molar refractivity (Wildman–Crippen MR) is 98.4 cm³/mol. The normalized spacial score (nSPS) is 13.9. The zero-order valence-electron chi connectivity index (χ0n) is 15.1. The van der Waals surface area contributed by atoms with E-state index in [4.69, 9.17) is 0 Å². The van der Waals surface area contributed by atoms with Crippen LogP contribution in [-0.2, 0) is 6.42 Å². The van der Waals surface area contributed by atoms with Gasteiger partial charge in [-0.1, -0.05) is 36.4 Å². The molecule has 0 aliphatic rings. The summed E-state index contributed by atoms with van der Waals surface area (Å²) in [5.74, 6) is -1.29. The van der Waals surface area contributed by atoms with Crippen molar-refractivity contribution in [2.24, 2.45) is 0 Å². The van der Waals surface area contributed by atoms with Gasteiger partial charge >= 0.3 is 6.18 Å². The van der Waals surface area contributed by atoms with Gasteiger partial charge in [-0.15, -0.1) is 0 Å². The largest absolute Gasteiger partial charge is 0.391 e. The van der Waals surface area contributed by atoms with Crippen molar-refractivity contribution in [1.82, 2.24) is 10.3 Å². The van der Waals surface area contributed by atoms with Crippen LogP contribution in [0.3, 0.4) is 0 Å². The van der Waals surface area contributed by atoms with E-state index in [1.54, 1.807) is 36.4 Å². The molecule has 0 saturated carbocycles. The highest BCUT2D eigenvalue weighted by Gasteiger charge is 2.40. The maximum atomic E-state index is 14.0. The minimum Gasteiger partial charge on any atom is -0.346 e. The first-order valence-corrected chi connectivity index (χ1v) is 8.63. The maximum Gasteiger partial charge on any atom is 0.391 e. The number of fused-ring (bicyclic) bond motifs is 1. The van der Waals surface area contributed by atoms with Crippen molar-refractivity contribution in [2.75, 3.05) is 0 Å². The second-order valence-corrected chi connectivity index (χ2v) is 7.00. The van der Waals surface area contributed by atoms with Crippen molar-refractivity contribution in [1.29, 1.82) is 0 Å². The molecule has 1 atom stereocenters. The van der Waals surface area contributed by atoms with Gasteiger partial charge in [0.2, 0.25) is 0 Å². The number of amides is 1. The summed E-state index contributed by atoms with van der Waals surface area (Å²) in [6.07, 6.45) is -4.44. The Bertz CT molecular complexity index is 989. The lowest BCUT2D eigenvalue weighted by Crippen LogP contribution is -2.50. The molecule has 0 aliphatic carbocycles. The van der Waals surface area contributed by atoms with Crippen molar-refractivity contribution >= 4 is 16.8 Å². The number of nitrogens with one attached hydrogen (secondary N) is 1. The first-order chi connectivity index (χ1) is 13.2. The van der Waals surface area contributed by atoms with E-state index in [9.17, 15) is 22.4 Å². The van der Waals surface area contributed by atoms with E-state index in [2.05, 4.69) is 10.3 Å². The number of pyridine rings is 1. The van der Waals surface area contributed by atoms with E-state index in [0.29, 0.717) is 11.1 Å². The molecule has 0 saturated heterocycles. The first kappa shape index (κ1) is 19.8. The molecular formula is C21H18F4N2O. The van der Waals surface area contributed by atoms with Crippen LogP contribution >= 0.6 is 0 Å². The van der Waals surface area contributed by atoms with Crippen LogP contribution in [0.2, 0.25) is 0 Å². The molecule has 28 heavy (non-hydrogen) atoms. The second kappa shape index (κ2) is 7.58. The van der Waals surface area contributed by atoms with Crippen LogP contribution in [0.5, 0.6) is 0 Å². The molecule has 3 nitrogen and oxygen atoms in total. The lowest BCUT2D eigenvalue weighted by Gasteiger charge is -2.32. The van der Waals surface area contributed by atoms with Crippen molar-refractivity contribution in [3.63, 3.8) is 0 Å². The Hall–Kier alpha value is -2.96. The SMILES string of the molecule is CC(Cc1ccccc1)(CC(F)(F)F)NC(=O)c1cnc2cccc(F)c2c1. The number of alkyl halides is 3. The van der Waals surface area contributed by atoms with E-state index in [0.717, 1.165) is 0 Å². The number of carbonyl (C=O) groups excluding carboxylic acids is 1. The Balaban J connectivity index is 1.89. The topological polar surface area (TPSA) is 42.0 Å². The number of nitrogens with zero attached hydrogens (tertiary/aromatic N) is 1. The molecular weight excluding hydrogens is 372 g/mol. The molecule has 0 bridgehead atoms. The standard InChI is InChI=1S/C21H18F4N2O/c1-20(13-21(23,24)25,11-14-6-3-2-4-7-14)27-19(28)15-10-16-17(22)8-5-9-18(16)26-12-15/h2-10,12H,11,13H2,1H3,(H,27,28). The third-order valence-corrected chi connectivity index (χ3v) is 4.38. The highest BCUT2D eigenvalue weighted by molar-refractivity contribution is 5.97. The van der Waals surface area contributed by atoms with Gasteiger partial charge in [-0.05, 0) is 37.1 Å². The molecule has 146 valence electrons. The Labute approximate surface area is 159 Å². The molecule has 1 amide bonds. The molecule has 3 aromatic rings. The fourth-order valence-electron chi connectivity index (χ4n) is 3.22. The average Bonchev–Trinajstić information content (AvgIpc) is 2.60. The fourth-order valence-corrected chi connectivity index (χ4v) is 3.22. The Morgan fingerprint density at radius 3 is 2.46 bits per heavy atom. The minimum atomic E-state index is -4.47. The van der Waals surface area contributed by atoms with E-state index in [1.165, 1.54) is 31.3 Å². The summed E-state index contributed by atoms with van der Waals surface area (Å²) in [4.78, 5) is 16.7. The van der Waals surface area contributed by atoms with Crippen molar-refractivity contribution in [3.05, 3.63) is 77.7 Å². The van der Waals surface area contributed by atoms with Crippen molar-refractivity contribution < 1.29 is 22.4 Å². The van der Waals surface area contributed by atoms with Gasteiger partial charge in [0.25, 0.3) is 5.91 Å². The minimum absolute atomic E-state index is 0.000869. The number of hydrogen-bond donors (Lipinski definition) is 1. The quantitative estimate of drug-likeness (QED) is 0.619. The monoisotopic (exact) mass is 390 g/mol. The van der Waals surface area contributed by atoms with E-state index in [1.807, 2.05) is 0 Å². The van der Waals surface area contributed by atoms with Gasteiger partial charge in [0.1, 0.15) is 5.82 Å². The second-order valence-electron chi connectivity index (χ2n) is 7.00. The average molecular weight is 390 g/mol. The van der Waals surface area contributed by atoms with Gasteiger partial charge in [0.05, 0.1) is 23.0 Å². The smallest absolute Gasteiger partial charge is 0.346 e. The lowest BCUT2D eigenvalue weighted by molar-refractivity contribution is -0.147. The molecule has 0 fully saturated rings. The lowest BCUT2D eigenvalue weighted by atomic mass is 9.88. The predicted octanol–water partition coefficient (Wildman–Crippen LogP) is 5.06. The molecule has 1 N–H and O–H groups in total. The zero-order valence-corrected chi connectivity index (χ0v) is 15.1. The van der Waals surface area contributed by atoms with Crippen molar-refractivity contribution in [3.8, 4) is 0 Å². The summed E-state index contributed by atoms with van der Waals surface area (Å²) in [5.41, 5.74) is -0.545. The summed E-state index contributed by atoms with van der Waals surface area (Å²) in [7, 11) is 0. The molecule has 7 heteroatoms. The Morgan fingerprint density at radius 2 is 1.79 bits per heavy atom. The third kappa shape index (κ3) is 4.85. The van der Waals surface area contributed by atoms with Gasteiger partial charge < -0.3 is 5.32 Å². The highest BCUT2D eigenvalue weighted by atomic mass is 19.4.